The highest BCUT2D eigenvalue weighted by Gasteiger charge is 2.53. The summed E-state index contributed by atoms with van der Waals surface area (Å²) in [6, 6.07) is 19.8. The third-order valence-corrected chi connectivity index (χ3v) is 11.3. The molecule has 1 heterocycles. The first-order chi connectivity index (χ1) is 17.0. The SMILES string of the molecule is Cc1ccc(S(=O)(=O)N(C[C@@H]2CC3(Cc4ccccc4C3)C(=O)O2)S(=O)(=O)c2ccc(C)cc2)cc1. The van der Waals surface area contributed by atoms with Gasteiger partial charge >= 0.3 is 5.97 Å². The maximum atomic E-state index is 13.7. The highest BCUT2D eigenvalue weighted by Crippen LogP contribution is 2.46. The lowest BCUT2D eigenvalue weighted by molar-refractivity contribution is -0.148. The van der Waals surface area contributed by atoms with Crippen LogP contribution in [0.1, 0.15) is 28.7 Å². The van der Waals surface area contributed by atoms with Gasteiger partial charge in [0, 0.05) is 6.42 Å². The van der Waals surface area contributed by atoms with Crippen LogP contribution in [0.3, 0.4) is 0 Å². The topological polar surface area (TPSA) is 97.8 Å². The lowest BCUT2D eigenvalue weighted by Gasteiger charge is -2.25. The van der Waals surface area contributed by atoms with Crippen LogP contribution in [0.15, 0.2) is 82.6 Å². The molecule has 0 aromatic heterocycles. The normalized spacial score (nSPS) is 19.0. The lowest BCUT2D eigenvalue weighted by atomic mass is 9.82. The van der Waals surface area contributed by atoms with Crippen molar-refractivity contribution < 1.29 is 26.4 Å². The van der Waals surface area contributed by atoms with Gasteiger partial charge in [-0.15, -0.1) is 0 Å². The van der Waals surface area contributed by atoms with Crippen LogP contribution in [0.4, 0.5) is 0 Å². The van der Waals surface area contributed by atoms with Crippen LogP contribution < -0.4 is 0 Å². The first kappa shape index (κ1) is 24.7. The second-order valence-corrected chi connectivity index (χ2v) is 13.7. The summed E-state index contributed by atoms with van der Waals surface area (Å²) in [7, 11) is -8.95. The van der Waals surface area contributed by atoms with E-state index in [0.29, 0.717) is 16.6 Å². The molecule has 0 bridgehead atoms. The molecule has 1 saturated heterocycles. The fourth-order valence-electron chi connectivity index (χ4n) is 5.07. The minimum atomic E-state index is -4.47. The minimum absolute atomic E-state index is 0.143. The number of esters is 1. The van der Waals surface area contributed by atoms with Gasteiger partial charge in [-0.3, -0.25) is 4.79 Å². The molecule has 2 aliphatic rings. The summed E-state index contributed by atoms with van der Waals surface area (Å²) < 4.78 is 60.9. The standard InChI is InChI=1S/C27H27NO6S2/c1-19-7-11-24(12-8-19)35(30,31)28(36(32,33)25-13-9-20(2)10-14-25)18-23-17-27(26(29)34-23)15-21-5-3-4-6-22(21)16-27/h3-14,23H,15-18H2,1-2H3/t23-/m0/s1. The van der Waals surface area contributed by atoms with Crippen LogP contribution in [-0.4, -0.2) is 39.2 Å². The van der Waals surface area contributed by atoms with E-state index < -0.39 is 44.1 Å². The Morgan fingerprint density at radius 2 is 1.22 bits per heavy atom. The molecule has 0 amide bonds. The van der Waals surface area contributed by atoms with Crippen LogP contribution in [0.25, 0.3) is 0 Å². The number of benzene rings is 3. The van der Waals surface area contributed by atoms with Gasteiger partial charge in [0.05, 0.1) is 21.8 Å². The van der Waals surface area contributed by atoms with Crippen molar-refractivity contribution in [3.8, 4) is 0 Å². The molecule has 0 saturated carbocycles. The molecule has 1 atom stereocenters. The Balaban J connectivity index is 1.51. The van der Waals surface area contributed by atoms with Crippen LogP contribution in [0.5, 0.6) is 0 Å². The second kappa shape index (κ2) is 8.83. The van der Waals surface area contributed by atoms with Gasteiger partial charge in [-0.2, -0.15) is 0 Å². The van der Waals surface area contributed by atoms with E-state index in [1.54, 1.807) is 24.3 Å². The number of hydrogen-bond donors (Lipinski definition) is 0. The molecule has 0 radical (unpaired) electrons. The highest BCUT2D eigenvalue weighted by molar-refractivity contribution is 8.04. The van der Waals surface area contributed by atoms with Gasteiger partial charge in [0.2, 0.25) is 0 Å². The van der Waals surface area contributed by atoms with Gasteiger partial charge in [0.25, 0.3) is 20.0 Å². The molecule has 1 spiro atoms. The van der Waals surface area contributed by atoms with Gasteiger partial charge in [0.1, 0.15) is 6.10 Å². The Morgan fingerprint density at radius 3 is 1.67 bits per heavy atom. The molecule has 1 aliphatic carbocycles. The van der Waals surface area contributed by atoms with Crippen molar-refractivity contribution in [2.24, 2.45) is 5.41 Å². The predicted molar refractivity (Wildman–Crippen MR) is 134 cm³/mol. The zero-order chi connectivity index (χ0) is 25.7. The molecule has 0 unspecified atom stereocenters. The third kappa shape index (κ3) is 4.25. The van der Waals surface area contributed by atoms with Crippen molar-refractivity contribution in [1.82, 2.24) is 3.71 Å². The van der Waals surface area contributed by atoms with Crippen LogP contribution in [0, 0.1) is 19.3 Å². The first-order valence-electron chi connectivity index (χ1n) is 11.7. The molecule has 36 heavy (non-hydrogen) atoms. The Kier molecular flexibility index (Phi) is 6.05. The lowest BCUT2D eigenvalue weighted by Crippen LogP contribution is -2.42. The average Bonchev–Trinajstić information content (AvgIpc) is 3.36. The fraction of sp³-hybridized carbons (Fsp3) is 0.296. The van der Waals surface area contributed by atoms with Crippen LogP contribution >= 0.6 is 0 Å². The van der Waals surface area contributed by atoms with Crippen molar-refractivity contribution >= 4 is 26.0 Å². The van der Waals surface area contributed by atoms with E-state index in [9.17, 15) is 21.6 Å². The molecule has 0 N–H and O–H groups in total. The van der Waals surface area contributed by atoms with E-state index >= 15 is 0 Å². The fourth-order valence-corrected chi connectivity index (χ4v) is 8.77. The molecule has 3 aromatic carbocycles. The number of ether oxygens (including phenoxy) is 1. The van der Waals surface area contributed by atoms with Gasteiger partial charge in [-0.25, -0.2) is 16.8 Å². The summed E-state index contributed by atoms with van der Waals surface area (Å²) in [4.78, 5) is 12.7. The zero-order valence-electron chi connectivity index (χ0n) is 20.0. The smallest absolute Gasteiger partial charge is 0.313 e. The van der Waals surface area contributed by atoms with Crippen molar-refractivity contribution in [2.75, 3.05) is 6.54 Å². The Bertz CT molecular complexity index is 1430. The molecular formula is C27H27NO6S2. The number of aryl methyl sites for hydroxylation is 2. The molecule has 1 fully saturated rings. The zero-order valence-corrected chi connectivity index (χ0v) is 21.7. The molecular weight excluding hydrogens is 498 g/mol. The van der Waals surface area contributed by atoms with E-state index in [1.165, 1.54) is 24.3 Å². The van der Waals surface area contributed by atoms with Crippen LogP contribution in [0.2, 0.25) is 0 Å². The number of sulfonamides is 2. The molecule has 7 nitrogen and oxygen atoms in total. The largest absolute Gasteiger partial charge is 0.460 e. The summed E-state index contributed by atoms with van der Waals surface area (Å²) >= 11 is 0. The Morgan fingerprint density at radius 1 is 0.778 bits per heavy atom. The van der Waals surface area contributed by atoms with Crippen molar-refractivity contribution in [3.63, 3.8) is 0 Å². The van der Waals surface area contributed by atoms with E-state index in [2.05, 4.69) is 0 Å². The highest BCUT2D eigenvalue weighted by atomic mass is 32.3. The van der Waals surface area contributed by atoms with E-state index in [4.69, 9.17) is 4.74 Å². The number of rotatable bonds is 6. The maximum Gasteiger partial charge on any atom is 0.313 e. The predicted octanol–water partition coefficient (Wildman–Crippen LogP) is 3.78. The van der Waals surface area contributed by atoms with E-state index in [0.717, 1.165) is 22.3 Å². The number of nitrogens with zero attached hydrogens (tertiary/aromatic N) is 1. The van der Waals surface area contributed by atoms with Gasteiger partial charge in [-0.1, -0.05) is 63.4 Å². The number of carbonyl (C=O) groups is 1. The van der Waals surface area contributed by atoms with Crippen molar-refractivity contribution in [2.45, 2.75) is 49.0 Å². The summed E-state index contributed by atoms with van der Waals surface area (Å²) in [5.41, 5.74) is 3.00. The molecule has 3 aromatic rings. The Labute approximate surface area is 211 Å². The molecule has 5 rings (SSSR count). The minimum Gasteiger partial charge on any atom is -0.460 e. The third-order valence-electron chi connectivity index (χ3n) is 7.03. The number of carbonyl (C=O) groups excluding carboxylic acids is 1. The average molecular weight is 526 g/mol. The summed E-state index contributed by atoms with van der Waals surface area (Å²) in [6.45, 7) is 3.14. The molecule has 188 valence electrons. The van der Waals surface area contributed by atoms with Gasteiger partial charge < -0.3 is 4.74 Å². The summed E-state index contributed by atoms with van der Waals surface area (Å²) in [5.74, 6) is -0.413. The first-order valence-corrected chi connectivity index (χ1v) is 14.6. The van der Waals surface area contributed by atoms with Gasteiger partial charge in [-0.05, 0) is 62.1 Å². The molecule has 9 heteroatoms. The van der Waals surface area contributed by atoms with E-state index in [-0.39, 0.29) is 16.2 Å². The quantitative estimate of drug-likeness (QED) is 0.455. The molecule has 1 aliphatic heterocycles. The second-order valence-electron chi connectivity index (χ2n) is 9.73. The number of fused-ring (bicyclic) bond motifs is 1. The summed E-state index contributed by atoms with van der Waals surface area (Å²) in [5, 5.41) is 0. The van der Waals surface area contributed by atoms with Gasteiger partial charge in [0.15, 0.2) is 0 Å². The van der Waals surface area contributed by atoms with E-state index in [1.807, 2.05) is 38.1 Å². The van der Waals surface area contributed by atoms with Crippen molar-refractivity contribution in [3.05, 3.63) is 95.1 Å². The number of hydrogen-bond acceptors (Lipinski definition) is 6. The Hall–Kier alpha value is -3.01. The van der Waals surface area contributed by atoms with Crippen molar-refractivity contribution in [1.29, 1.82) is 0 Å². The maximum absolute atomic E-state index is 13.7. The monoisotopic (exact) mass is 525 g/mol. The summed E-state index contributed by atoms with van der Waals surface area (Å²) in [6.07, 6.45) is 0.332. The van der Waals surface area contributed by atoms with Crippen LogP contribution in [-0.2, 0) is 42.4 Å². The number of cyclic esters (lactones) is 1.